The third-order valence-corrected chi connectivity index (χ3v) is 4.94. The Hall–Kier alpha value is -1.59. The number of ether oxygens (including phenoxy) is 1. The van der Waals surface area contributed by atoms with Crippen LogP contribution in [0.25, 0.3) is 0 Å². The van der Waals surface area contributed by atoms with Gasteiger partial charge in [-0.05, 0) is 48.2 Å². The fourth-order valence-corrected chi connectivity index (χ4v) is 3.29. The molecule has 2 N–H and O–H groups in total. The fourth-order valence-electron chi connectivity index (χ4n) is 2.05. The zero-order chi connectivity index (χ0) is 16.8. The van der Waals surface area contributed by atoms with Gasteiger partial charge in [0.15, 0.2) is 0 Å². The van der Waals surface area contributed by atoms with Crippen molar-refractivity contribution in [1.29, 1.82) is 0 Å². The molecule has 0 aromatic heterocycles. The SMILES string of the molecule is CCCSN(Cc1ccc(OC)cc1)c1ccc(F)c(N)c1Cl. The molecule has 0 radical (unpaired) electrons. The third kappa shape index (κ3) is 4.45. The zero-order valence-corrected chi connectivity index (χ0v) is 14.8. The van der Waals surface area contributed by atoms with E-state index in [1.165, 1.54) is 6.07 Å². The number of nitrogens with two attached hydrogens (primary N) is 1. The molecule has 2 aromatic carbocycles. The lowest BCUT2D eigenvalue weighted by molar-refractivity contribution is 0.414. The average molecular weight is 355 g/mol. The Morgan fingerprint density at radius 2 is 1.91 bits per heavy atom. The molecule has 0 spiro atoms. The molecule has 0 aliphatic rings. The minimum absolute atomic E-state index is 0.0130. The number of nitrogen functional groups attached to an aromatic ring is 1. The molecule has 6 heteroatoms. The monoisotopic (exact) mass is 354 g/mol. The molecule has 0 amide bonds. The van der Waals surface area contributed by atoms with Crippen molar-refractivity contribution < 1.29 is 9.13 Å². The standard InChI is InChI=1S/C17H20ClFN2OS/c1-3-10-23-21(11-12-4-6-13(22-2)7-5-12)15-9-8-14(19)17(20)16(15)18/h4-9H,3,10-11,20H2,1-2H3. The molecule has 0 fully saturated rings. The van der Waals surface area contributed by atoms with Gasteiger partial charge in [-0.3, -0.25) is 0 Å². The number of anilines is 2. The van der Waals surface area contributed by atoms with E-state index >= 15 is 0 Å². The van der Waals surface area contributed by atoms with Crippen LogP contribution in [0.4, 0.5) is 15.8 Å². The highest BCUT2D eigenvalue weighted by Crippen LogP contribution is 2.37. The van der Waals surface area contributed by atoms with E-state index < -0.39 is 5.82 Å². The lowest BCUT2D eigenvalue weighted by Crippen LogP contribution is -2.16. The molecule has 0 atom stereocenters. The molecule has 3 nitrogen and oxygen atoms in total. The smallest absolute Gasteiger partial charge is 0.147 e. The van der Waals surface area contributed by atoms with Crippen molar-refractivity contribution in [2.24, 2.45) is 0 Å². The molecule has 0 bridgehead atoms. The summed E-state index contributed by atoms with van der Waals surface area (Å²) in [5, 5.41) is 0.252. The van der Waals surface area contributed by atoms with E-state index in [9.17, 15) is 4.39 Å². The van der Waals surface area contributed by atoms with Gasteiger partial charge in [0.1, 0.15) is 11.6 Å². The molecule has 2 rings (SSSR count). The highest BCUT2D eigenvalue weighted by Gasteiger charge is 2.16. The first-order chi connectivity index (χ1) is 11.1. The number of hydrogen-bond acceptors (Lipinski definition) is 4. The number of methoxy groups -OCH3 is 1. The molecule has 2 aromatic rings. The maximum Gasteiger partial charge on any atom is 0.147 e. The van der Waals surface area contributed by atoms with Crippen LogP contribution in [0.2, 0.25) is 5.02 Å². The van der Waals surface area contributed by atoms with Crippen LogP contribution in [0, 0.1) is 5.82 Å². The summed E-state index contributed by atoms with van der Waals surface area (Å²) in [6.07, 6.45) is 1.03. The Morgan fingerprint density at radius 1 is 1.22 bits per heavy atom. The molecule has 0 unspecified atom stereocenters. The lowest BCUT2D eigenvalue weighted by atomic mass is 10.2. The van der Waals surface area contributed by atoms with Gasteiger partial charge in [-0.15, -0.1) is 0 Å². The Balaban J connectivity index is 2.27. The fraction of sp³-hybridized carbons (Fsp3) is 0.294. The molecule has 124 valence electrons. The predicted octanol–water partition coefficient (Wildman–Crippen LogP) is 5.13. The summed E-state index contributed by atoms with van der Waals surface area (Å²) in [7, 11) is 1.64. The number of nitrogens with zero attached hydrogens (tertiary/aromatic N) is 1. The highest BCUT2D eigenvalue weighted by molar-refractivity contribution is 8.00. The van der Waals surface area contributed by atoms with E-state index in [1.54, 1.807) is 25.1 Å². The Morgan fingerprint density at radius 3 is 2.52 bits per heavy atom. The van der Waals surface area contributed by atoms with Crippen molar-refractivity contribution in [2.75, 3.05) is 22.9 Å². The Kier molecular flexibility index (Phi) is 6.42. The number of halogens is 2. The van der Waals surface area contributed by atoms with Gasteiger partial charge in [0.05, 0.1) is 30.1 Å². The molecule has 0 saturated heterocycles. The highest BCUT2D eigenvalue weighted by atomic mass is 35.5. The van der Waals surface area contributed by atoms with Crippen LogP contribution in [0.1, 0.15) is 18.9 Å². The normalized spacial score (nSPS) is 10.6. The largest absolute Gasteiger partial charge is 0.497 e. The summed E-state index contributed by atoms with van der Waals surface area (Å²) in [5.74, 6) is 1.25. The quantitative estimate of drug-likeness (QED) is 0.552. The first-order valence-electron chi connectivity index (χ1n) is 7.33. The van der Waals surface area contributed by atoms with E-state index in [4.69, 9.17) is 22.1 Å². The average Bonchev–Trinajstić information content (AvgIpc) is 2.57. The summed E-state index contributed by atoms with van der Waals surface area (Å²) in [6, 6.07) is 10.8. The molecule has 0 saturated carbocycles. The van der Waals surface area contributed by atoms with E-state index in [1.807, 2.05) is 28.6 Å². The van der Waals surface area contributed by atoms with Gasteiger partial charge in [-0.25, -0.2) is 4.39 Å². The van der Waals surface area contributed by atoms with E-state index in [-0.39, 0.29) is 10.7 Å². The minimum Gasteiger partial charge on any atom is -0.497 e. The van der Waals surface area contributed by atoms with Crippen molar-refractivity contribution in [1.82, 2.24) is 0 Å². The maximum absolute atomic E-state index is 13.5. The van der Waals surface area contributed by atoms with Gasteiger partial charge in [-0.2, -0.15) is 0 Å². The van der Waals surface area contributed by atoms with Crippen molar-refractivity contribution in [3.63, 3.8) is 0 Å². The second-order valence-corrected chi connectivity index (χ2v) is 6.50. The minimum atomic E-state index is -0.497. The van der Waals surface area contributed by atoms with E-state index in [2.05, 4.69) is 6.92 Å². The van der Waals surface area contributed by atoms with Gasteiger partial charge in [0.2, 0.25) is 0 Å². The zero-order valence-electron chi connectivity index (χ0n) is 13.2. The number of benzene rings is 2. The molecular weight excluding hydrogens is 335 g/mol. The molecule has 0 aliphatic heterocycles. The van der Waals surface area contributed by atoms with Crippen molar-refractivity contribution in [3.8, 4) is 5.75 Å². The Labute approximate surface area is 145 Å². The van der Waals surface area contributed by atoms with Crippen molar-refractivity contribution in [2.45, 2.75) is 19.9 Å². The van der Waals surface area contributed by atoms with Crippen LogP contribution in [0.3, 0.4) is 0 Å². The first kappa shape index (κ1) is 17.8. The van der Waals surface area contributed by atoms with E-state index in [0.29, 0.717) is 6.54 Å². The lowest BCUT2D eigenvalue weighted by Gasteiger charge is -2.25. The van der Waals surface area contributed by atoms with Crippen molar-refractivity contribution >= 4 is 34.9 Å². The van der Waals surface area contributed by atoms with Crippen molar-refractivity contribution in [3.05, 3.63) is 52.8 Å². The maximum atomic E-state index is 13.5. The molecular formula is C17H20ClFN2OS. The Bertz CT molecular complexity index is 652. The predicted molar refractivity (Wildman–Crippen MR) is 97.7 cm³/mol. The van der Waals surface area contributed by atoms with Crippen LogP contribution >= 0.6 is 23.5 Å². The van der Waals surface area contributed by atoms with Gasteiger partial charge in [-0.1, -0.05) is 30.7 Å². The van der Waals surface area contributed by atoms with Gasteiger partial charge in [0, 0.05) is 5.75 Å². The van der Waals surface area contributed by atoms with Crippen LogP contribution < -0.4 is 14.8 Å². The van der Waals surface area contributed by atoms with Gasteiger partial charge < -0.3 is 14.8 Å². The van der Waals surface area contributed by atoms with Crippen LogP contribution in [-0.4, -0.2) is 12.9 Å². The molecule has 0 heterocycles. The summed E-state index contributed by atoms with van der Waals surface area (Å²) in [4.78, 5) is 0. The van der Waals surface area contributed by atoms with E-state index in [0.717, 1.165) is 29.2 Å². The second-order valence-electron chi connectivity index (χ2n) is 5.01. The van der Waals surface area contributed by atoms with Crippen LogP contribution in [0.5, 0.6) is 5.75 Å². The molecule has 0 aliphatic carbocycles. The number of hydrogen-bond donors (Lipinski definition) is 1. The summed E-state index contributed by atoms with van der Waals surface area (Å²) < 4.78 is 20.8. The number of rotatable bonds is 7. The van der Waals surface area contributed by atoms with Gasteiger partial charge >= 0.3 is 0 Å². The topological polar surface area (TPSA) is 38.5 Å². The van der Waals surface area contributed by atoms with Gasteiger partial charge in [0.25, 0.3) is 0 Å². The second kappa shape index (κ2) is 8.31. The summed E-state index contributed by atoms with van der Waals surface area (Å²) in [5.41, 5.74) is 7.54. The van der Waals surface area contributed by atoms with Crippen LogP contribution in [0.15, 0.2) is 36.4 Å². The molecule has 23 heavy (non-hydrogen) atoms. The summed E-state index contributed by atoms with van der Waals surface area (Å²) >= 11 is 7.89. The first-order valence-corrected chi connectivity index (χ1v) is 8.65. The summed E-state index contributed by atoms with van der Waals surface area (Å²) in [6.45, 7) is 2.75. The van der Waals surface area contributed by atoms with Crippen LogP contribution in [-0.2, 0) is 6.54 Å². The third-order valence-electron chi connectivity index (χ3n) is 3.31.